The van der Waals surface area contributed by atoms with Gasteiger partial charge in [0.25, 0.3) is 10.2 Å². The van der Waals surface area contributed by atoms with Crippen LogP contribution in [0.1, 0.15) is 18.2 Å². The molecule has 0 atom stereocenters. The van der Waals surface area contributed by atoms with E-state index in [1.54, 1.807) is 6.20 Å². The molecule has 0 radical (unpaired) electrons. The van der Waals surface area contributed by atoms with E-state index in [4.69, 9.17) is 0 Å². The van der Waals surface area contributed by atoms with Crippen molar-refractivity contribution >= 4 is 10.2 Å². The Bertz CT molecular complexity index is 512. The monoisotopic (exact) mass is 284 g/mol. The summed E-state index contributed by atoms with van der Waals surface area (Å²) in [6.45, 7) is 4.70. The largest absolute Gasteiger partial charge is 0.314 e. The molecule has 1 aliphatic rings. The summed E-state index contributed by atoms with van der Waals surface area (Å²) in [7, 11) is -3.40. The molecule has 0 unspecified atom stereocenters. The highest BCUT2D eigenvalue weighted by Gasteiger charge is 2.23. The molecule has 1 saturated heterocycles. The molecule has 106 valence electrons. The van der Waals surface area contributed by atoms with Gasteiger partial charge in [-0.05, 0) is 18.1 Å². The lowest BCUT2D eigenvalue weighted by Gasteiger charge is -2.26. The number of nitrogens with zero attached hydrogens (tertiary/aromatic N) is 2. The molecule has 2 N–H and O–H groups in total. The van der Waals surface area contributed by atoms with Crippen LogP contribution >= 0.6 is 0 Å². The maximum Gasteiger partial charge on any atom is 0.279 e. The molecule has 2 heterocycles. The first-order valence-corrected chi connectivity index (χ1v) is 7.95. The number of aromatic nitrogens is 1. The normalized spacial score (nSPS) is 17.5. The zero-order chi connectivity index (χ0) is 13.7. The van der Waals surface area contributed by atoms with Crippen molar-refractivity contribution in [3.8, 4) is 0 Å². The highest BCUT2D eigenvalue weighted by molar-refractivity contribution is 7.87. The fourth-order valence-corrected chi connectivity index (χ4v) is 3.25. The summed E-state index contributed by atoms with van der Waals surface area (Å²) >= 11 is 0. The topological polar surface area (TPSA) is 74.3 Å². The number of hydrogen-bond donors (Lipinski definition) is 2. The predicted molar refractivity (Wildman–Crippen MR) is 73.8 cm³/mol. The highest BCUT2D eigenvalue weighted by atomic mass is 32.2. The van der Waals surface area contributed by atoms with E-state index < -0.39 is 10.2 Å². The lowest BCUT2D eigenvalue weighted by Crippen LogP contribution is -2.50. The maximum absolute atomic E-state index is 12.1. The van der Waals surface area contributed by atoms with Gasteiger partial charge in [0, 0.05) is 32.4 Å². The Morgan fingerprint density at radius 2 is 2.16 bits per heavy atom. The molecule has 0 amide bonds. The number of hydrogen-bond acceptors (Lipinski definition) is 4. The first-order valence-electron chi connectivity index (χ1n) is 6.51. The van der Waals surface area contributed by atoms with Gasteiger partial charge in [0.05, 0.1) is 12.2 Å². The van der Waals surface area contributed by atoms with Crippen molar-refractivity contribution in [2.24, 2.45) is 0 Å². The predicted octanol–water partition coefficient (Wildman–Crippen LogP) is -0.116. The number of nitrogens with one attached hydrogen (secondary N) is 2. The Kier molecular flexibility index (Phi) is 4.87. The highest BCUT2D eigenvalue weighted by Crippen LogP contribution is 2.07. The summed E-state index contributed by atoms with van der Waals surface area (Å²) in [5.41, 5.74) is 1.87. The van der Waals surface area contributed by atoms with Gasteiger partial charge in [-0.3, -0.25) is 4.98 Å². The number of rotatable bonds is 5. The van der Waals surface area contributed by atoms with E-state index in [9.17, 15) is 8.42 Å². The van der Waals surface area contributed by atoms with Crippen molar-refractivity contribution < 1.29 is 8.42 Å². The molecule has 7 heteroatoms. The Labute approximate surface area is 114 Å². The Hall–Kier alpha value is -1.02. The average Bonchev–Trinajstić information content (AvgIpc) is 2.46. The van der Waals surface area contributed by atoms with E-state index in [1.165, 1.54) is 4.31 Å². The van der Waals surface area contributed by atoms with Gasteiger partial charge >= 0.3 is 0 Å². The van der Waals surface area contributed by atoms with Gasteiger partial charge in [-0.1, -0.05) is 13.0 Å². The molecule has 1 aliphatic heterocycles. The number of pyridine rings is 1. The molecule has 0 bridgehead atoms. The molecule has 1 aromatic heterocycles. The van der Waals surface area contributed by atoms with Gasteiger partial charge in [-0.25, -0.2) is 0 Å². The van der Waals surface area contributed by atoms with Crippen molar-refractivity contribution in [3.05, 3.63) is 29.6 Å². The summed E-state index contributed by atoms with van der Waals surface area (Å²) in [4.78, 5) is 4.24. The third-order valence-corrected chi connectivity index (χ3v) is 4.76. The van der Waals surface area contributed by atoms with Crippen molar-refractivity contribution in [2.75, 3.05) is 26.2 Å². The van der Waals surface area contributed by atoms with E-state index in [0.29, 0.717) is 26.2 Å². The van der Waals surface area contributed by atoms with Crippen molar-refractivity contribution in [2.45, 2.75) is 19.9 Å². The van der Waals surface area contributed by atoms with Crippen LogP contribution in [0.2, 0.25) is 0 Å². The van der Waals surface area contributed by atoms with E-state index in [0.717, 1.165) is 17.7 Å². The standard InChI is InChI=1S/C12H20N4O2S/c1-2-11-4-3-5-14-12(11)10-15-19(17,18)16-8-6-13-7-9-16/h3-5,13,15H,2,6-10H2,1H3. The first-order chi connectivity index (χ1) is 9.13. The van der Waals surface area contributed by atoms with Crippen LogP contribution in [0, 0.1) is 0 Å². The van der Waals surface area contributed by atoms with Gasteiger partial charge in [-0.15, -0.1) is 0 Å². The summed E-state index contributed by atoms with van der Waals surface area (Å²) < 4.78 is 28.3. The Morgan fingerprint density at radius 3 is 2.84 bits per heavy atom. The van der Waals surface area contributed by atoms with Crippen LogP contribution in [0.5, 0.6) is 0 Å². The fourth-order valence-electron chi connectivity index (χ4n) is 2.09. The van der Waals surface area contributed by atoms with Crippen molar-refractivity contribution in [3.63, 3.8) is 0 Å². The molecule has 0 spiro atoms. The van der Waals surface area contributed by atoms with Gasteiger partial charge in [0.2, 0.25) is 0 Å². The van der Waals surface area contributed by atoms with Gasteiger partial charge < -0.3 is 5.32 Å². The van der Waals surface area contributed by atoms with Crippen LogP contribution in [0.3, 0.4) is 0 Å². The van der Waals surface area contributed by atoms with E-state index in [2.05, 4.69) is 15.0 Å². The minimum absolute atomic E-state index is 0.246. The van der Waals surface area contributed by atoms with Crippen LogP contribution in [0.25, 0.3) is 0 Å². The second-order valence-electron chi connectivity index (χ2n) is 4.44. The molecule has 1 fully saturated rings. The quantitative estimate of drug-likeness (QED) is 0.791. The summed E-state index contributed by atoms with van der Waals surface area (Å²) in [6.07, 6.45) is 2.53. The minimum atomic E-state index is -3.40. The van der Waals surface area contributed by atoms with Crippen LogP contribution < -0.4 is 10.0 Å². The minimum Gasteiger partial charge on any atom is -0.314 e. The second kappa shape index (κ2) is 6.42. The van der Waals surface area contributed by atoms with E-state index >= 15 is 0 Å². The number of aryl methyl sites for hydroxylation is 1. The summed E-state index contributed by atoms with van der Waals surface area (Å²) in [5, 5.41) is 3.13. The molecule has 0 aromatic carbocycles. The molecule has 0 aliphatic carbocycles. The van der Waals surface area contributed by atoms with Gasteiger partial charge in [-0.2, -0.15) is 17.4 Å². The number of piperazine rings is 1. The van der Waals surface area contributed by atoms with Crippen LogP contribution in [0.4, 0.5) is 0 Å². The van der Waals surface area contributed by atoms with Gasteiger partial charge in [0.1, 0.15) is 0 Å². The summed E-state index contributed by atoms with van der Waals surface area (Å²) in [6, 6.07) is 3.84. The smallest absolute Gasteiger partial charge is 0.279 e. The summed E-state index contributed by atoms with van der Waals surface area (Å²) in [5.74, 6) is 0. The first kappa shape index (κ1) is 14.4. The molecular formula is C12H20N4O2S. The molecule has 1 aromatic rings. The van der Waals surface area contributed by atoms with E-state index in [-0.39, 0.29) is 6.54 Å². The van der Waals surface area contributed by atoms with Crippen LogP contribution in [-0.4, -0.2) is 43.9 Å². The SMILES string of the molecule is CCc1cccnc1CNS(=O)(=O)N1CCNCC1. The van der Waals surface area contributed by atoms with Crippen LogP contribution in [-0.2, 0) is 23.2 Å². The zero-order valence-corrected chi connectivity index (χ0v) is 11.9. The average molecular weight is 284 g/mol. The maximum atomic E-state index is 12.1. The molecule has 6 nitrogen and oxygen atoms in total. The zero-order valence-electron chi connectivity index (χ0n) is 11.1. The molecule has 19 heavy (non-hydrogen) atoms. The third kappa shape index (κ3) is 3.73. The second-order valence-corrected chi connectivity index (χ2v) is 6.19. The fraction of sp³-hybridized carbons (Fsp3) is 0.583. The molecular weight excluding hydrogens is 264 g/mol. The molecule has 0 saturated carbocycles. The van der Waals surface area contributed by atoms with E-state index in [1.807, 2.05) is 19.1 Å². The van der Waals surface area contributed by atoms with Crippen LogP contribution in [0.15, 0.2) is 18.3 Å². The third-order valence-electron chi connectivity index (χ3n) is 3.20. The lowest BCUT2D eigenvalue weighted by molar-refractivity contribution is 0.354. The van der Waals surface area contributed by atoms with Gasteiger partial charge in [0.15, 0.2) is 0 Å². The Balaban J connectivity index is 2.00. The lowest BCUT2D eigenvalue weighted by atomic mass is 10.1. The van der Waals surface area contributed by atoms with Crippen molar-refractivity contribution in [1.29, 1.82) is 0 Å². The Morgan fingerprint density at radius 1 is 1.42 bits per heavy atom. The van der Waals surface area contributed by atoms with Crippen molar-refractivity contribution in [1.82, 2.24) is 19.3 Å². The molecule has 2 rings (SSSR count).